The Balaban J connectivity index is 1.86. The van der Waals surface area contributed by atoms with Crippen LogP contribution in [0.25, 0.3) is 0 Å². The summed E-state index contributed by atoms with van der Waals surface area (Å²) in [4.78, 5) is 26.3. The van der Waals surface area contributed by atoms with Crippen LogP contribution in [0.4, 0.5) is 4.39 Å². The summed E-state index contributed by atoms with van der Waals surface area (Å²) in [5.74, 6) is -0.746. The quantitative estimate of drug-likeness (QED) is 0.673. The molecule has 172 valence electrons. The molecule has 0 unspecified atom stereocenters. The first-order valence-electron chi connectivity index (χ1n) is 10.9. The number of nitrogens with zero attached hydrogens (tertiary/aromatic N) is 1. The highest BCUT2D eigenvalue weighted by Crippen LogP contribution is 2.39. The first-order chi connectivity index (χ1) is 15.3. The molecule has 3 atom stereocenters. The number of nitrogens with one attached hydrogen (secondary N) is 1. The van der Waals surface area contributed by atoms with E-state index in [2.05, 4.69) is 5.32 Å². The van der Waals surface area contributed by atoms with Gasteiger partial charge in [0.05, 0.1) is 24.8 Å². The Hall–Kier alpha value is -2.93. The van der Waals surface area contributed by atoms with Crippen molar-refractivity contribution >= 4 is 11.8 Å². The third-order valence-corrected chi connectivity index (χ3v) is 6.55. The normalized spacial score (nSPS) is 23.2. The van der Waals surface area contributed by atoms with Crippen LogP contribution in [0.2, 0.25) is 0 Å². The van der Waals surface area contributed by atoms with E-state index in [9.17, 15) is 19.1 Å². The Labute approximate surface area is 188 Å². The topological polar surface area (TPSA) is 78.9 Å². The standard InChI is InChI=1S/C25H31FN2O4/c1-17(29)27-16-25(18-7-5-4-6-8-18)13-11-21(22(30)12-14-25)28(2)24(31)20-15-19(26)9-10-23(20)32-3/h4-10,15,21-22,30H,11-14,16H2,1-3H3,(H,27,29)/t21-,22-,25-/m1/s1. The molecule has 1 saturated carbocycles. The molecule has 6 nitrogen and oxygen atoms in total. The maximum Gasteiger partial charge on any atom is 0.257 e. The number of methoxy groups -OCH3 is 1. The summed E-state index contributed by atoms with van der Waals surface area (Å²) in [7, 11) is 3.06. The summed E-state index contributed by atoms with van der Waals surface area (Å²) < 4.78 is 19.1. The van der Waals surface area contributed by atoms with E-state index in [0.29, 0.717) is 32.2 Å². The number of hydrogen-bond acceptors (Lipinski definition) is 4. The number of hydrogen-bond donors (Lipinski definition) is 2. The van der Waals surface area contributed by atoms with E-state index in [4.69, 9.17) is 4.74 Å². The molecule has 0 aliphatic heterocycles. The number of ether oxygens (including phenoxy) is 1. The highest BCUT2D eigenvalue weighted by molar-refractivity contribution is 5.97. The Morgan fingerprint density at radius 2 is 1.88 bits per heavy atom. The lowest BCUT2D eigenvalue weighted by Gasteiger charge is -2.34. The average molecular weight is 443 g/mol. The molecule has 1 fully saturated rings. The van der Waals surface area contributed by atoms with Crippen LogP contribution in [0, 0.1) is 5.82 Å². The van der Waals surface area contributed by atoms with Gasteiger partial charge in [-0.2, -0.15) is 0 Å². The predicted molar refractivity (Wildman–Crippen MR) is 120 cm³/mol. The second-order valence-corrected chi connectivity index (χ2v) is 8.53. The maximum atomic E-state index is 13.8. The monoisotopic (exact) mass is 442 g/mol. The zero-order chi connectivity index (χ0) is 23.3. The van der Waals surface area contributed by atoms with Gasteiger partial charge in [0.15, 0.2) is 0 Å². The highest BCUT2D eigenvalue weighted by atomic mass is 19.1. The van der Waals surface area contributed by atoms with Gasteiger partial charge >= 0.3 is 0 Å². The number of aliphatic hydroxyl groups excluding tert-OH is 1. The fourth-order valence-electron chi connectivity index (χ4n) is 4.65. The van der Waals surface area contributed by atoms with Crippen molar-refractivity contribution in [1.29, 1.82) is 0 Å². The largest absolute Gasteiger partial charge is 0.496 e. The molecule has 0 heterocycles. The number of aliphatic hydroxyl groups is 1. The predicted octanol–water partition coefficient (Wildman–Crippen LogP) is 3.28. The van der Waals surface area contributed by atoms with Gasteiger partial charge in [-0.3, -0.25) is 9.59 Å². The molecular weight excluding hydrogens is 411 g/mol. The zero-order valence-electron chi connectivity index (χ0n) is 18.8. The van der Waals surface area contributed by atoms with Crippen LogP contribution in [0.3, 0.4) is 0 Å². The van der Waals surface area contributed by atoms with Gasteiger partial charge in [-0.25, -0.2) is 4.39 Å². The van der Waals surface area contributed by atoms with E-state index in [1.165, 1.54) is 31.1 Å². The molecule has 2 aromatic rings. The van der Waals surface area contributed by atoms with Gasteiger partial charge in [0.25, 0.3) is 5.91 Å². The molecule has 2 amide bonds. The smallest absolute Gasteiger partial charge is 0.257 e. The van der Waals surface area contributed by atoms with Crippen molar-refractivity contribution in [3.8, 4) is 5.75 Å². The fourth-order valence-corrected chi connectivity index (χ4v) is 4.65. The number of amides is 2. The van der Waals surface area contributed by atoms with Crippen molar-refractivity contribution in [1.82, 2.24) is 10.2 Å². The number of carbonyl (C=O) groups excluding carboxylic acids is 2. The Kier molecular flexibility index (Phi) is 7.51. The molecule has 0 spiro atoms. The van der Waals surface area contributed by atoms with Crippen LogP contribution in [-0.2, 0) is 10.2 Å². The summed E-state index contributed by atoms with van der Waals surface area (Å²) >= 11 is 0. The number of carbonyl (C=O) groups is 2. The van der Waals surface area contributed by atoms with Gasteiger partial charge in [0, 0.05) is 25.9 Å². The summed E-state index contributed by atoms with van der Waals surface area (Å²) in [6, 6.07) is 13.3. The Bertz CT molecular complexity index is 952. The Morgan fingerprint density at radius 3 is 2.53 bits per heavy atom. The van der Waals surface area contributed by atoms with Gasteiger partial charge in [0.2, 0.25) is 5.91 Å². The maximum absolute atomic E-state index is 13.8. The summed E-state index contributed by atoms with van der Waals surface area (Å²) in [6.07, 6.45) is 1.61. The molecule has 0 radical (unpaired) electrons. The van der Waals surface area contributed by atoms with Crippen molar-refractivity contribution in [3.05, 3.63) is 65.5 Å². The van der Waals surface area contributed by atoms with Crippen molar-refractivity contribution in [3.63, 3.8) is 0 Å². The van der Waals surface area contributed by atoms with Gasteiger partial charge in [-0.05, 0) is 49.4 Å². The number of likely N-dealkylation sites (N-methyl/N-ethyl adjacent to an activating group) is 1. The molecule has 7 heteroatoms. The second kappa shape index (κ2) is 10.1. The summed E-state index contributed by atoms with van der Waals surface area (Å²) in [5.41, 5.74) is 0.879. The molecule has 1 aliphatic carbocycles. The van der Waals surface area contributed by atoms with Crippen molar-refractivity contribution in [2.24, 2.45) is 0 Å². The lowest BCUT2D eigenvalue weighted by Crippen LogP contribution is -2.44. The highest BCUT2D eigenvalue weighted by Gasteiger charge is 2.40. The van der Waals surface area contributed by atoms with Crippen LogP contribution in [-0.4, -0.2) is 54.7 Å². The van der Waals surface area contributed by atoms with E-state index in [1.54, 1.807) is 7.05 Å². The third kappa shape index (κ3) is 5.10. The van der Waals surface area contributed by atoms with Gasteiger partial charge in [0.1, 0.15) is 11.6 Å². The van der Waals surface area contributed by atoms with Crippen molar-refractivity contribution in [2.45, 2.75) is 50.2 Å². The van der Waals surface area contributed by atoms with E-state index in [0.717, 1.165) is 11.6 Å². The second-order valence-electron chi connectivity index (χ2n) is 8.53. The lowest BCUT2D eigenvalue weighted by atomic mass is 9.74. The molecule has 1 aliphatic rings. The minimum atomic E-state index is -0.744. The molecule has 0 aromatic heterocycles. The van der Waals surface area contributed by atoms with Crippen LogP contribution in [0.15, 0.2) is 48.5 Å². The molecule has 32 heavy (non-hydrogen) atoms. The molecule has 2 aromatic carbocycles. The first-order valence-corrected chi connectivity index (χ1v) is 10.9. The van der Waals surface area contributed by atoms with E-state index in [1.807, 2.05) is 30.3 Å². The first kappa shape index (κ1) is 23.7. The molecule has 0 bridgehead atoms. The fraction of sp³-hybridized carbons (Fsp3) is 0.440. The minimum Gasteiger partial charge on any atom is -0.496 e. The van der Waals surface area contributed by atoms with E-state index >= 15 is 0 Å². The van der Waals surface area contributed by atoms with E-state index < -0.39 is 23.9 Å². The van der Waals surface area contributed by atoms with Gasteiger partial charge in [-0.1, -0.05) is 30.3 Å². The minimum absolute atomic E-state index is 0.104. The molecule has 0 saturated heterocycles. The average Bonchev–Trinajstić information content (AvgIpc) is 2.97. The van der Waals surface area contributed by atoms with Crippen LogP contribution < -0.4 is 10.1 Å². The van der Waals surface area contributed by atoms with Gasteiger partial charge in [-0.15, -0.1) is 0 Å². The third-order valence-electron chi connectivity index (χ3n) is 6.55. The van der Waals surface area contributed by atoms with Crippen molar-refractivity contribution < 1.29 is 23.8 Å². The SMILES string of the molecule is COc1ccc(F)cc1C(=O)N(C)[C@@H]1CC[C@@](CNC(C)=O)(c2ccccc2)CC[C@H]1O. The molecule has 3 rings (SSSR count). The molecular formula is C25H31FN2O4. The van der Waals surface area contributed by atoms with Crippen LogP contribution >= 0.6 is 0 Å². The number of halogens is 1. The Morgan fingerprint density at radius 1 is 1.19 bits per heavy atom. The van der Waals surface area contributed by atoms with E-state index in [-0.39, 0.29) is 22.6 Å². The van der Waals surface area contributed by atoms with Gasteiger partial charge < -0.3 is 20.1 Å². The summed E-state index contributed by atoms with van der Waals surface area (Å²) in [5, 5.41) is 13.9. The van der Waals surface area contributed by atoms with Crippen LogP contribution in [0.5, 0.6) is 5.75 Å². The molecule has 2 N–H and O–H groups in total. The zero-order valence-corrected chi connectivity index (χ0v) is 18.8. The van der Waals surface area contributed by atoms with Crippen LogP contribution in [0.1, 0.15) is 48.5 Å². The lowest BCUT2D eigenvalue weighted by molar-refractivity contribution is -0.119. The number of benzene rings is 2. The summed E-state index contributed by atoms with van der Waals surface area (Å²) in [6.45, 7) is 1.95. The van der Waals surface area contributed by atoms with Crippen molar-refractivity contribution in [2.75, 3.05) is 20.7 Å². The number of rotatable bonds is 6.